The van der Waals surface area contributed by atoms with Gasteiger partial charge in [0.15, 0.2) is 11.6 Å². The zero-order chi connectivity index (χ0) is 12.5. The molecule has 3 nitrogen and oxygen atoms in total. The summed E-state index contributed by atoms with van der Waals surface area (Å²) in [5, 5.41) is 9.34. The third-order valence-electron chi connectivity index (χ3n) is 1.86. The van der Waals surface area contributed by atoms with E-state index in [9.17, 15) is 26.7 Å². The van der Waals surface area contributed by atoms with Crippen molar-refractivity contribution in [2.75, 3.05) is 12.0 Å². The largest absolute Gasteiger partial charge is 0.387 e. The normalized spacial score (nSPS) is 13.8. The Labute approximate surface area is 90.4 Å². The molecule has 0 aliphatic carbocycles. The van der Waals surface area contributed by atoms with Gasteiger partial charge in [0.2, 0.25) is 0 Å². The van der Waals surface area contributed by atoms with E-state index in [-0.39, 0.29) is 6.07 Å². The molecule has 16 heavy (non-hydrogen) atoms. The molecule has 1 aromatic rings. The van der Waals surface area contributed by atoms with Gasteiger partial charge >= 0.3 is 0 Å². The van der Waals surface area contributed by atoms with Crippen molar-refractivity contribution in [1.82, 2.24) is 0 Å². The van der Waals surface area contributed by atoms with Crippen LogP contribution < -0.4 is 0 Å². The average Bonchev–Trinajstić information content (AvgIpc) is 2.08. The van der Waals surface area contributed by atoms with Gasteiger partial charge < -0.3 is 5.11 Å². The molecule has 1 N–H and O–H groups in total. The van der Waals surface area contributed by atoms with Crippen molar-refractivity contribution in [3.05, 3.63) is 35.1 Å². The third-order valence-corrected chi connectivity index (χ3v) is 2.78. The number of aliphatic hydroxyl groups excluding tert-OH is 1. The van der Waals surface area contributed by atoms with E-state index in [0.717, 1.165) is 6.26 Å². The van der Waals surface area contributed by atoms with Gasteiger partial charge in [-0.3, -0.25) is 0 Å². The molecule has 0 saturated carbocycles. The van der Waals surface area contributed by atoms with Gasteiger partial charge in [-0.25, -0.2) is 21.6 Å². The SMILES string of the molecule is CS(=O)(=O)CC(O)c1cc(F)c(F)cc1F. The first-order valence-corrected chi connectivity index (χ1v) is 6.27. The fraction of sp³-hybridized carbons (Fsp3) is 0.333. The first-order chi connectivity index (χ1) is 7.20. The second-order valence-corrected chi connectivity index (χ2v) is 5.58. The summed E-state index contributed by atoms with van der Waals surface area (Å²) < 4.78 is 60.0. The van der Waals surface area contributed by atoms with E-state index < -0.39 is 44.7 Å². The van der Waals surface area contributed by atoms with Crippen LogP contribution >= 0.6 is 0 Å². The average molecular weight is 254 g/mol. The summed E-state index contributed by atoms with van der Waals surface area (Å²) in [7, 11) is -3.54. The van der Waals surface area contributed by atoms with E-state index in [1.165, 1.54) is 0 Å². The van der Waals surface area contributed by atoms with E-state index in [2.05, 4.69) is 0 Å². The Hall–Kier alpha value is -1.08. The molecule has 0 aromatic heterocycles. The number of benzene rings is 1. The number of rotatable bonds is 3. The molecular formula is C9H9F3O3S. The zero-order valence-electron chi connectivity index (χ0n) is 8.25. The number of hydrogen-bond acceptors (Lipinski definition) is 3. The van der Waals surface area contributed by atoms with Crippen LogP contribution in [0.25, 0.3) is 0 Å². The van der Waals surface area contributed by atoms with Gasteiger partial charge in [0.05, 0.1) is 11.9 Å². The Morgan fingerprint density at radius 3 is 2.19 bits per heavy atom. The highest BCUT2D eigenvalue weighted by Crippen LogP contribution is 2.21. The summed E-state index contributed by atoms with van der Waals surface area (Å²) >= 11 is 0. The van der Waals surface area contributed by atoms with Crippen molar-refractivity contribution in [1.29, 1.82) is 0 Å². The molecule has 0 spiro atoms. The molecule has 0 aliphatic rings. The molecule has 90 valence electrons. The van der Waals surface area contributed by atoms with Crippen LogP contribution in [0.5, 0.6) is 0 Å². The summed E-state index contributed by atoms with van der Waals surface area (Å²) in [6.07, 6.45) is -0.876. The molecule has 0 heterocycles. The van der Waals surface area contributed by atoms with E-state index in [1.54, 1.807) is 0 Å². The van der Waals surface area contributed by atoms with E-state index in [1.807, 2.05) is 0 Å². The molecule has 0 bridgehead atoms. The third kappa shape index (κ3) is 3.21. The fourth-order valence-electron chi connectivity index (χ4n) is 1.17. The van der Waals surface area contributed by atoms with Crippen LogP contribution in [0.3, 0.4) is 0 Å². The van der Waals surface area contributed by atoms with Crippen LogP contribution in [0.4, 0.5) is 13.2 Å². The van der Waals surface area contributed by atoms with Gasteiger partial charge in [0.25, 0.3) is 0 Å². The van der Waals surface area contributed by atoms with Gasteiger partial charge in [0, 0.05) is 17.9 Å². The summed E-state index contributed by atoms with van der Waals surface area (Å²) in [5.74, 6) is -4.68. The van der Waals surface area contributed by atoms with Gasteiger partial charge in [0.1, 0.15) is 15.7 Å². The Morgan fingerprint density at radius 1 is 1.19 bits per heavy atom. The van der Waals surface area contributed by atoms with Gasteiger partial charge in [-0.05, 0) is 6.07 Å². The monoisotopic (exact) mass is 254 g/mol. The maximum Gasteiger partial charge on any atom is 0.161 e. The van der Waals surface area contributed by atoms with Crippen molar-refractivity contribution in [3.8, 4) is 0 Å². The van der Waals surface area contributed by atoms with Crippen LogP contribution in [0.1, 0.15) is 11.7 Å². The molecular weight excluding hydrogens is 245 g/mol. The number of halogens is 3. The lowest BCUT2D eigenvalue weighted by Gasteiger charge is -2.11. The van der Waals surface area contributed by atoms with Crippen LogP contribution in [-0.4, -0.2) is 25.5 Å². The molecule has 1 rings (SSSR count). The first-order valence-electron chi connectivity index (χ1n) is 4.21. The van der Waals surface area contributed by atoms with Crippen molar-refractivity contribution in [2.45, 2.75) is 6.10 Å². The summed E-state index contributed by atoms with van der Waals surface area (Å²) in [5.41, 5.74) is -0.579. The fourth-order valence-corrected chi connectivity index (χ4v) is 1.92. The van der Waals surface area contributed by atoms with Crippen molar-refractivity contribution in [3.63, 3.8) is 0 Å². The summed E-state index contributed by atoms with van der Waals surface area (Å²) in [6, 6.07) is 0.705. The highest BCUT2D eigenvalue weighted by Gasteiger charge is 2.20. The topological polar surface area (TPSA) is 54.4 Å². The summed E-state index contributed by atoms with van der Waals surface area (Å²) in [4.78, 5) is 0. The van der Waals surface area contributed by atoms with Crippen molar-refractivity contribution in [2.24, 2.45) is 0 Å². The minimum atomic E-state index is -3.54. The lowest BCUT2D eigenvalue weighted by molar-refractivity contribution is 0.195. The van der Waals surface area contributed by atoms with E-state index in [4.69, 9.17) is 0 Å². The van der Waals surface area contributed by atoms with Crippen LogP contribution in [0.15, 0.2) is 12.1 Å². The number of hydrogen-bond donors (Lipinski definition) is 1. The maximum atomic E-state index is 13.1. The molecule has 0 fully saturated rings. The lowest BCUT2D eigenvalue weighted by Crippen LogP contribution is -2.14. The lowest BCUT2D eigenvalue weighted by atomic mass is 10.1. The highest BCUT2D eigenvalue weighted by molar-refractivity contribution is 7.90. The smallest absolute Gasteiger partial charge is 0.161 e. The van der Waals surface area contributed by atoms with Crippen LogP contribution in [0, 0.1) is 17.5 Å². The second-order valence-electron chi connectivity index (χ2n) is 3.40. The van der Waals surface area contributed by atoms with Crippen molar-refractivity contribution < 1.29 is 26.7 Å². The molecule has 1 unspecified atom stereocenters. The predicted molar refractivity (Wildman–Crippen MR) is 51.0 cm³/mol. The first kappa shape index (κ1) is 13.0. The molecule has 1 aromatic carbocycles. The Bertz CT molecular complexity index is 499. The number of aliphatic hydroxyl groups is 1. The molecule has 0 saturated heterocycles. The number of sulfone groups is 1. The molecule has 1 atom stereocenters. The van der Waals surface area contributed by atoms with E-state index >= 15 is 0 Å². The predicted octanol–water partition coefficient (Wildman–Crippen LogP) is 1.18. The van der Waals surface area contributed by atoms with Crippen LogP contribution in [0.2, 0.25) is 0 Å². The quantitative estimate of drug-likeness (QED) is 0.824. The molecule has 0 radical (unpaired) electrons. The van der Waals surface area contributed by atoms with Crippen LogP contribution in [-0.2, 0) is 9.84 Å². The molecule has 7 heteroatoms. The molecule has 0 amide bonds. The van der Waals surface area contributed by atoms with Gasteiger partial charge in [-0.1, -0.05) is 0 Å². The zero-order valence-corrected chi connectivity index (χ0v) is 9.06. The van der Waals surface area contributed by atoms with E-state index in [0.29, 0.717) is 6.07 Å². The van der Waals surface area contributed by atoms with Gasteiger partial charge in [-0.15, -0.1) is 0 Å². The molecule has 0 aliphatic heterocycles. The Kier molecular flexibility index (Phi) is 3.59. The van der Waals surface area contributed by atoms with Crippen molar-refractivity contribution >= 4 is 9.84 Å². The minimum absolute atomic E-state index is 0.260. The van der Waals surface area contributed by atoms with Gasteiger partial charge in [-0.2, -0.15) is 0 Å². The maximum absolute atomic E-state index is 13.1. The summed E-state index contributed by atoms with van der Waals surface area (Å²) in [6.45, 7) is 0. The minimum Gasteiger partial charge on any atom is -0.387 e. The Morgan fingerprint density at radius 2 is 1.69 bits per heavy atom. The highest BCUT2D eigenvalue weighted by atomic mass is 32.2. The Balaban J connectivity index is 3.09. The standard InChI is InChI=1S/C9H9F3O3S/c1-16(14,15)4-9(13)5-2-7(11)8(12)3-6(5)10/h2-3,9,13H,4H2,1H3. The second kappa shape index (κ2) is 4.42.